The molecule has 1 N–H and O–H groups in total. The molecule has 0 spiro atoms. The molecule has 0 fully saturated rings. The fourth-order valence-corrected chi connectivity index (χ4v) is 1.69. The summed E-state index contributed by atoms with van der Waals surface area (Å²) < 4.78 is 24.7. The van der Waals surface area contributed by atoms with Crippen molar-refractivity contribution in [2.75, 3.05) is 4.72 Å². The van der Waals surface area contributed by atoms with E-state index in [0.717, 1.165) is 5.41 Å². The largest absolute Gasteiger partial charge is 0.280 e. The van der Waals surface area contributed by atoms with Gasteiger partial charge in [0.25, 0.3) is 10.0 Å². The second-order valence-electron chi connectivity index (χ2n) is 3.59. The number of sulfonamides is 1. The molecule has 0 saturated heterocycles. The molecule has 0 amide bonds. The van der Waals surface area contributed by atoms with Gasteiger partial charge in [0.2, 0.25) is 0 Å². The van der Waals surface area contributed by atoms with Gasteiger partial charge in [0.05, 0.1) is 0 Å². The maximum absolute atomic E-state index is 11.2. The van der Waals surface area contributed by atoms with Gasteiger partial charge in [0.1, 0.15) is 0 Å². The third-order valence-corrected chi connectivity index (χ3v) is 3.02. The lowest BCUT2D eigenvalue weighted by atomic mass is 10.0. The molecule has 0 radical (unpaired) electrons. The number of benzene rings is 1. The predicted molar refractivity (Wildman–Crippen MR) is 63.3 cm³/mol. The van der Waals surface area contributed by atoms with E-state index in [9.17, 15) is 8.42 Å². The minimum atomic E-state index is -3.39. The van der Waals surface area contributed by atoms with Crippen LogP contribution in [0.3, 0.4) is 0 Å². The Morgan fingerprint density at radius 3 is 2.20 bits per heavy atom. The van der Waals surface area contributed by atoms with Crippen LogP contribution in [0, 0.1) is 0 Å². The smallest absolute Gasteiger partial charge is 0.254 e. The van der Waals surface area contributed by atoms with Gasteiger partial charge in [0.15, 0.2) is 0 Å². The van der Waals surface area contributed by atoms with E-state index >= 15 is 0 Å². The first-order valence-electron chi connectivity index (χ1n) is 4.70. The van der Waals surface area contributed by atoms with Gasteiger partial charge in [0, 0.05) is 11.1 Å². The van der Waals surface area contributed by atoms with E-state index in [1.807, 2.05) is 12.1 Å². The monoisotopic (exact) mass is 225 g/mol. The topological polar surface area (TPSA) is 46.2 Å². The molecule has 0 unspecified atom stereocenters. The van der Waals surface area contributed by atoms with E-state index in [1.165, 1.54) is 5.56 Å². The van der Waals surface area contributed by atoms with E-state index in [1.54, 1.807) is 12.1 Å². The van der Waals surface area contributed by atoms with Crippen LogP contribution in [0.4, 0.5) is 5.69 Å². The van der Waals surface area contributed by atoms with Crippen molar-refractivity contribution in [2.24, 2.45) is 0 Å². The molecule has 82 valence electrons. The van der Waals surface area contributed by atoms with Gasteiger partial charge in [-0.05, 0) is 23.6 Å². The molecule has 15 heavy (non-hydrogen) atoms. The van der Waals surface area contributed by atoms with Crippen molar-refractivity contribution >= 4 is 15.7 Å². The number of rotatable bonds is 4. The molecule has 0 saturated carbocycles. The van der Waals surface area contributed by atoms with Crippen molar-refractivity contribution in [3.8, 4) is 0 Å². The van der Waals surface area contributed by atoms with Crippen LogP contribution in [0.1, 0.15) is 25.3 Å². The van der Waals surface area contributed by atoms with Crippen LogP contribution < -0.4 is 4.72 Å². The molecule has 3 nitrogen and oxygen atoms in total. The molecule has 1 aromatic rings. The Morgan fingerprint density at radius 2 is 1.80 bits per heavy atom. The van der Waals surface area contributed by atoms with Gasteiger partial charge in [-0.2, -0.15) is 0 Å². The van der Waals surface area contributed by atoms with Crippen molar-refractivity contribution in [3.05, 3.63) is 41.8 Å². The maximum atomic E-state index is 11.2. The highest BCUT2D eigenvalue weighted by Crippen LogP contribution is 2.17. The van der Waals surface area contributed by atoms with Crippen LogP contribution in [0.2, 0.25) is 0 Å². The van der Waals surface area contributed by atoms with Gasteiger partial charge in [-0.3, -0.25) is 4.72 Å². The molecule has 1 rings (SSSR count). The lowest BCUT2D eigenvalue weighted by Gasteiger charge is -2.07. The van der Waals surface area contributed by atoms with Gasteiger partial charge < -0.3 is 0 Å². The summed E-state index contributed by atoms with van der Waals surface area (Å²) in [6, 6.07) is 7.31. The van der Waals surface area contributed by atoms with Crippen LogP contribution in [-0.4, -0.2) is 8.42 Å². The Kier molecular flexibility index (Phi) is 3.52. The van der Waals surface area contributed by atoms with Gasteiger partial charge >= 0.3 is 0 Å². The van der Waals surface area contributed by atoms with E-state index in [4.69, 9.17) is 0 Å². The highest BCUT2D eigenvalue weighted by molar-refractivity contribution is 7.95. The molecule has 4 heteroatoms. The highest BCUT2D eigenvalue weighted by Gasteiger charge is 2.04. The SMILES string of the molecule is C=CS(=O)(=O)Nc1ccc(C(C)C)cc1. The minimum Gasteiger partial charge on any atom is -0.280 e. The number of hydrogen-bond acceptors (Lipinski definition) is 2. The zero-order valence-electron chi connectivity index (χ0n) is 8.90. The average molecular weight is 225 g/mol. The molecule has 0 atom stereocenters. The molecular formula is C11H15NO2S. The Balaban J connectivity index is 2.86. The van der Waals surface area contributed by atoms with E-state index in [2.05, 4.69) is 25.1 Å². The predicted octanol–water partition coefficient (Wildman–Crippen LogP) is 2.70. The van der Waals surface area contributed by atoms with Gasteiger partial charge in [-0.25, -0.2) is 8.42 Å². The third kappa shape index (κ3) is 3.40. The Labute approximate surface area is 90.9 Å². The molecule has 0 aliphatic heterocycles. The summed E-state index contributed by atoms with van der Waals surface area (Å²) >= 11 is 0. The molecule has 0 aliphatic carbocycles. The van der Waals surface area contributed by atoms with E-state index in [0.29, 0.717) is 11.6 Å². The second kappa shape index (κ2) is 4.49. The molecule has 1 aromatic carbocycles. The zero-order valence-corrected chi connectivity index (χ0v) is 9.71. The van der Waals surface area contributed by atoms with Crippen LogP contribution in [0.15, 0.2) is 36.3 Å². The molecule has 0 bridgehead atoms. The van der Waals surface area contributed by atoms with Gasteiger partial charge in [-0.1, -0.05) is 32.6 Å². The first kappa shape index (κ1) is 11.8. The summed E-state index contributed by atoms with van der Waals surface area (Å²) in [6.45, 7) is 7.40. The van der Waals surface area contributed by atoms with Crippen molar-refractivity contribution in [2.45, 2.75) is 19.8 Å². The summed E-state index contributed by atoms with van der Waals surface area (Å²) in [5.74, 6) is 0.440. The molecule has 0 aliphatic rings. The summed E-state index contributed by atoms with van der Waals surface area (Å²) in [6.07, 6.45) is 0. The lowest BCUT2D eigenvalue weighted by Crippen LogP contribution is -2.08. The number of hydrogen-bond donors (Lipinski definition) is 1. The van der Waals surface area contributed by atoms with E-state index in [-0.39, 0.29) is 0 Å². The Morgan fingerprint density at radius 1 is 1.27 bits per heavy atom. The first-order valence-corrected chi connectivity index (χ1v) is 6.24. The normalized spacial score (nSPS) is 11.4. The molecular weight excluding hydrogens is 210 g/mol. The van der Waals surface area contributed by atoms with Crippen LogP contribution >= 0.6 is 0 Å². The Bertz CT molecular complexity index is 432. The lowest BCUT2D eigenvalue weighted by molar-refractivity contribution is 0.609. The molecule has 0 aromatic heterocycles. The van der Waals surface area contributed by atoms with Crippen molar-refractivity contribution in [3.63, 3.8) is 0 Å². The second-order valence-corrected chi connectivity index (χ2v) is 5.22. The first-order chi connectivity index (χ1) is 6.94. The third-order valence-electron chi connectivity index (χ3n) is 2.06. The fraction of sp³-hybridized carbons (Fsp3) is 0.273. The summed E-state index contributed by atoms with van der Waals surface area (Å²) in [5, 5.41) is 0.892. The summed E-state index contributed by atoms with van der Waals surface area (Å²) in [4.78, 5) is 0. The summed E-state index contributed by atoms with van der Waals surface area (Å²) in [7, 11) is -3.39. The average Bonchev–Trinajstić information content (AvgIpc) is 2.18. The van der Waals surface area contributed by atoms with Crippen molar-refractivity contribution in [1.82, 2.24) is 0 Å². The maximum Gasteiger partial charge on any atom is 0.254 e. The fourth-order valence-electron chi connectivity index (χ4n) is 1.14. The van der Waals surface area contributed by atoms with Crippen LogP contribution in [-0.2, 0) is 10.0 Å². The van der Waals surface area contributed by atoms with Crippen molar-refractivity contribution in [1.29, 1.82) is 0 Å². The highest BCUT2D eigenvalue weighted by atomic mass is 32.2. The van der Waals surface area contributed by atoms with Crippen LogP contribution in [0.25, 0.3) is 0 Å². The standard InChI is InChI=1S/C11H15NO2S/c1-4-15(13,14)12-11-7-5-10(6-8-11)9(2)3/h4-9,12H,1H2,2-3H3. The quantitative estimate of drug-likeness (QED) is 0.856. The zero-order chi connectivity index (χ0) is 11.5. The summed E-state index contributed by atoms with van der Waals surface area (Å²) in [5.41, 5.74) is 1.73. The molecule has 0 heterocycles. The number of nitrogens with one attached hydrogen (secondary N) is 1. The van der Waals surface area contributed by atoms with Crippen LogP contribution in [0.5, 0.6) is 0 Å². The number of anilines is 1. The van der Waals surface area contributed by atoms with Crippen molar-refractivity contribution < 1.29 is 8.42 Å². The minimum absolute atomic E-state index is 0.440. The van der Waals surface area contributed by atoms with E-state index < -0.39 is 10.0 Å². The van der Waals surface area contributed by atoms with Gasteiger partial charge in [-0.15, -0.1) is 0 Å². The Hall–Kier alpha value is -1.29.